The van der Waals surface area contributed by atoms with Crippen molar-refractivity contribution in [2.24, 2.45) is 5.92 Å². The monoisotopic (exact) mass is 283 g/mol. The largest absolute Gasteiger partial charge is 0.491 e. The van der Waals surface area contributed by atoms with Crippen molar-refractivity contribution in [1.29, 1.82) is 0 Å². The highest BCUT2D eigenvalue weighted by Gasteiger charge is 2.20. The van der Waals surface area contributed by atoms with Gasteiger partial charge in [0.25, 0.3) is 5.69 Å². The van der Waals surface area contributed by atoms with Gasteiger partial charge < -0.3 is 14.6 Å². The third kappa shape index (κ3) is 4.85. The molecule has 0 saturated heterocycles. The zero-order valence-corrected chi connectivity index (χ0v) is 11.4. The van der Waals surface area contributed by atoms with Crippen LogP contribution in [-0.4, -0.2) is 35.8 Å². The van der Waals surface area contributed by atoms with Crippen LogP contribution in [0.3, 0.4) is 0 Å². The second-order valence-corrected chi connectivity index (χ2v) is 4.56. The van der Waals surface area contributed by atoms with Crippen LogP contribution in [0.15, 0.2) is 18.2 Å². The molecule has 0 bridgehead atoms. The van der Waals surface area contributed by atoms with Crippen molar-refractivity contribution < 1.29 is 24.3 Å². The number of nitro groups is 1. The van der Waals surface area contributed by atoms with Crippen molar-refractivity contribution in [1.82, 2.24) is 0 Å². The number of aromatic carboxylic acids is 1. The van der Waals surface area contributed by atoms with Gasteiger partial charge in [0, 0.05) is 18.7 Å². The molecule has 0 amide bonds. The Morgan fingerprint density at radius 1 is 1.40 bits per heavy atom. The van der Waals surface area contributed by atoms with E-state index in [1.54, 1.807) is 0 Å². The van der Waals surface area contributed by atoms with Crippen molar-refractivity contribution in [3.63, 3.8) is 0 Å². The van der Waals surface area contributed by atoms with E-state index in [0.717, 1.165) is 12.1 Å². The van der Waals surface area contributed by atoms with Crippen LogP contribution in [0, 0.1) is 16.0 Å². The van der Waals surface area contributed by atoms with E-state index >= 15 is 0 Å². The van der Waals surface area contributed by atoms with Gasteiger partial charge in [-0.05, 0) is 12.0 Å². The zero-order valence-electron chi connectivity index (χ0n) is 11.4. The summed E-state index contributed by atoms with van der Waals surface area (Å²) in [5, 5.41) is 19.6. The lowest BCUT2D eigenvalue weighted by atomic mass is 10.1. The molecule has 7 nitrogen and oxygen atoms in total. The van der Waals surface area contributed by atoms with E-state index in [1.165, 1.54) is 6.07 Å². The van der Waals surface area contributed by atoms with Crippen LogP contribution in [0.25, 0.3) is 0 Å². The van der Waals surface area contributed by atoms with Gasteiger partial charge in [0.1, 0.15) is 17.9 Å². The van der Waals surface area contributed by atoms with Gasteiger partial charge in [0.15, 0.2) is 0 Å². The maximum absolute atomic E-state index is 10.9. The van der Waals surface area contributed by atoms with Gasteiger partial charge in [-0.3, -0.25) is 10.1 Å². The lowest BCUT2D eigenvalue weighted by Gasteiger charge is -2.09. The molecule has 1 aromatic carbocycles. The normalized spacial score (nSPS) is 10.6. The first-order valence-electron chi connectivity index (χ1n) is 6.14. The first-order valence-corrected chi connectivity index (χ1v) is 6.14. The highest BCUT2D eigenvalue weighted by molar-refractivity contribution is 5.92. The van der Waals surface area contributed by atoms with E-state index in [4.69, 9.17) is 14.6 Å². The molecule has 0 atom stereocenters. The number of rotatable bonds is 8. The van der Waals surface area contributed by atoms with Crippen LogP contribution in [0.4, 0.5) is 5.69 Å². The minimum atomic E-state index is -1.36. The Morgan fingerprint density at radius 2 is 2.10 bits per heavy atom. The predicted molar refractivity (Wildman–Crippen MR) is 71.2 cm³/mol. The third-order valence-electron chi connectivity index (χ3n) is 2.34. The Morgan fingerprint density at radius 3 is 2.65 bits per heavy atom. The van der Waals surface area contributed by atoms with Crippen molar-refractivity contribution in [3.8, 4) is 5.75 Å². The number of benzene rings is 1. The second-order valence-electron chi connectivity index (χ2n) is 4.56. The molecule has 0 aliphatic carbocycles. The minimum absolute atomic E-state index is 0.254. The van der Waals surface area contributed by atoms with Gasteiger partial charge >= 0.3 is 5.97 Å². The molecule has 0 heterocycles. The van der Waals surface area contributed by atoms with Gasteiger partial charge in [-0.1, -0.05) is 13.8 Å². The molecule has 7 heteroatoms. The number of carboxylic acid groups (broad SMARTS) is 1. The molecule has 0 radical (unpaired) electrons. The molecule has 1 rings (SSSR count). The second kappa shape index (κ2) is 7.44. The molecule has 0 aliphatic heterocycles. The fraction of sp³-hybridized carbons (Fsp3) is 0.462. The summed E-state index contributed by atoms with van der Waals surface area (Å²) in [6.45, 7) is 5.29. The molecule has 0 saturated carbocycles. The van der Waals surface area contributed by atoms with Crippen molar-refractivity contribution in [2.75, 3.05) is 19.8 Å². The van der Waals surface area contributed by atoms with Gasteiger partial charge in [0.2, 0.25) is 0 Å². The molecule has 20 heavy (non-hydrogen) atoms. The predicted octanol–water partition coefficient (Wildman–Crippen LogP) is 2.34. The molecule has 110 valence electrons. The van der Waals surface area contributed by atoms with Crippen molar-refractivity contribution >= 4 is 11.7 Å². The summed E-state index contributed by atoms with van der Waals surface area (Å²) in [5.74, 6) is -0.674. The van der Waals surface area contributed by atoms with Gasteiger partial charge in [-0.15, -0.1) is 0 Å². The van der Waals surface area contributed by atoms with Crippen LogP contribution in [0.5, 0.6) is 5.75 Å². The Labute approximate surface area is 116 Å². The number of carboxylic acids is 1. The Balaban J connectivity index is 2.61. The van der Waals surface area contributed by atoms with Crippen LogP contribution in [-0.2, 0) is 4.74 Å². The average molecular weight is 283 g/mol. The third-order valence-corrected chi connectivity index (χ3v) is 2.34. The van der Waals surface area contributed by atoms with E-state index in [2.05, 4.69) is 0 Å². The highest BCUT2D eigenvalue weighted by atomic mass is 16.6. The number of carbonyl (C=O) groups is 1. The smallest absolute Gasteiger partial charge is 0.342 e. The lowest BCUT2D eigenvalue weighted by molar-refractivity contribution is -0.385. The van der Waals surface area contributed by atoms with E-state index in [-0.39, 0.29) is 12.4 Å². The SMILES string of the molecule is CC(C)COCCOc1ccc([N+](=O)[O-])c(C(=O)O)c1. The van der Waals surface area contributed by atoms with E-state index in [0.29, 0.717) is 19.1 Å². The van der Waals surface area contributed by atoms with Gasteiger partial charge in [0.05, 0.1) is 11.5 Å². The van der Waals surface area contributed by atoms with Gasteiger partial charge in [-0.25, -0.2) is 4.79 Å². The number of nitro benzene ring substituents is 1. The fourth-order valence-corrected chi connectivity index (χ4v) is 1.47. The van der Waals surface area contributed by atoms with E-state index in [9.17, 15) is 14.9 Å². The van der Waals surface area contributed by atoms with Crippen LogP contribution >= 0.6 is 0 Å². The number of hydrogen-bond acceptors (Lipinski definition) is 5. The van der Waals surface area contributed by atoms with Crippen LogP contribution < -0.4 is 4.74 Å². The molecule has 0 unspecified atom stereocenters. The summed E-state index contributed by atoms with van der Waals surface area (Å²) in [5.41, 5.74) is -0.850. The topological polar surface area (TPSA) is 98.9 Å². The lowest BCUT2D eigenvalue weighted by Crippen LogP contribution is -2.10. The summed E-state index contributed by atoms with van der Waals surface area (Å²) < 4.78 is 10.6. The standard InChI is InChI=1S/C13H17NO6/c1-9(2)8-19-5-6-20-10-3-4-12(14(17)18)11(7-10)13(15)16/h3-4,7,9H,5-6,8H2,1-2H3,(H,15,16). The quantitative estimate of drug-likeness (QED) is 0.446. The van der Waals surface area contributed by atoms with E-state index in [1.807, 2.05) is 13.8 Å². The molecular formula is C13H17NO6. The number of hydrogen-bond donors (Lipinski definition) is 1. The maximum Gasteiger partial charge on any atom is 0.342 e. The van der Waals surface area contributed by atoms with Crippen LogP contribution in [0.2, 0.25) is 0 Å². The first-order chi connectivity index (χ1) is 9.41. The first kappa shape index (κ1) is 15.9. The minimum Gasteiger partial charge on any atom is -0.491 e. The van der Waals surface area contributed by atoms with Crippen molar-refractivity contribution in [2.45, 2.75) is 13.8 Å². The Bertz CT molecular complexity index is 486. The molecule has 1 aromatic rings. The summed E-state index contributed by atoms with van der Waals surface area (Å²) in [6, 6.07) is 3.63. The number of nitrogens with zero attached hydrogens (tertiary/aromatic N) is 1. The average Bonchev–Trinajstić information content (AvgIpc) is 2.37. The molecule has 0 aliphatic rings. The molecule has 1 N–H and O–H groups in total. The summed E-state index contributed by atoms with van der Waals surface area (Å²) in [6.07, 6.45) is 0. The zero-order chi connectivity index (χ0) is 15.1. The highest BCUT2D eigenvalue weighted by Crippen LogP contribution is 2.24. The Kier molecular flexibility index (Phi) is 5.92. The van der Waals surface area contributed by atoms with E-state index < -0.39 is 22.1 Å². The summed E-state index contributed by atoms with van der Waals surface area (Å²) in [7, 11) is 0. The fourth-order valence-electron chi connectivity index (χ4n) is 1.47. The van der Waals surface area contributed by atoms with Crippen LogP contribution in [0.1, 0.15) is 24.2 Å². The molecule has 0 spiro atoms. The Hall–Kier alpha value is -2.15. The molecule has 0 aromatic heterocycles. The summed E-state index contributed by atoms with van der Waals surface area (Å²) >= 11 is 0. The molecular weight excluding hydrogens is 266 g/mol. The molecule has 0 fully saturated rings. The van der Waals surface area contributed by atoms with Crippen molar-refractivity contribution in [3.05, 3.63) is 33.9 Å². The maximum atomic E-state index is 10.9. The summed E-state index contributed by atoms with van der Waals surface area (Å²) in [4.78, 5) is 20.9. The number of ether oxygens (including phenoxy) is 2. The van der Waals surface area contributed by atoms with Gasteiger partial charge in [-0.2, -0.15) is 0 Å².